The highest BCUT2D eigenvalue weighted by Gasteiger charge is 2.21. The van der Waals surface area contributed by atoms with Crippen LogP contribution in [0.15, 0.2) is 24.5 Å². The van der Waals surface area contributed by atoms with Gasteiger partial charge in [-0.05, 0) is 37.6 Å². The molecule has 1 aliphatic rings. The first kappa shape index (κ1) is 18.1. The van der Waals surface area contributed by atoms with E-state index in [1.807, 2.05) is 18.5 Å². The quantitative estimate of drug-likeness (QED) is 0.692. The number of rotatable bonds is 5. The van der Waals surface area contributed by atoms with E-state index in [1.54, 1.807) is 0 Å². The van der Waals surface area contributed by atoms with Crippen LogP contribution in [-0.2, 0) is 16.1 Å². The first-order chi connectivity index (χ1) is 10.5. The number of aromatic nitrogens is 1. The lowest BCUT2D eigenvalue weighted by Crippen LogP contribution is -2.37. The Hall–Kier alpha value is -1.99. The van der Waals surface area contributed by atoms with Crippen LogP contribution in [0.25, 0.3) is 0 Å². The summed E-state index contributed by atoms with van der Waals surface area (Å²) in [5.74, 6) is -3.65. The number of likely N-dealkylation sites (N-methyl/N-ethyl adjacent to an activating group) is 1. The summed E-state index contributed by atoms with van der Waals surface area (Å²) in [6.07, 6.45) is 6.44. The number of carboxylic acid groups (broad SMARTS) is 2. The molecule has 0 amide bonds. The first-order valence-electron chi connectivity index (χ1n) is 7.34. The van der Waals surface area contributed by atoms with Crippen molar-refractivity contribution >= 4 is 11.9 Å². The topological polar surface area (TPSA) is 103 Å². The number of pyridine rings is 1. The molecule has 0 radical (unpaired) electrons. The Kier molecular flexibility index (Phi) is 8.09. The molecule has 1 aromatic heterocycles. The molecule has 22 heavy (non-hydrogen) atoms. The molecule has 0 spiro atoms. The minimum Gasteiger partial charge on any atom is -0.473 e. The average molecular weight is 309 g/mol. The fraction of sp³-hybridized carbons (Fsp3) is 0.533. The lowest BCUT2D eigenvalue weighted by molar-refractivity contribution is -0.159. The highest BCUT2D eigenvalue weighted by Crippen LogP contribution is 2.15. The Balaban J connectivity index is 0.000000346. The van der Waals surface area contributed by atoms with Crippen molar-refractivity contribution in [3.63, 3.8) is 0 Å². The molecular weight excluding hydrogens is 286 g/mol. The van der Waals surface area contributed by atoms with Crippen molar-refractivity contribution < 1.29 is 19.8 Å². The molecule has 7 nitrogen and oxygen atoms in total. The van der Waals surface area contributed by atoms with Gasteiger partial charge in [0.1, 0.15) is 0 Å². The predicted molar refractivity (Wildman–Crippen MR) is 81.5 cm³/mol. The molecule has 0 aromatic carbocycles. The Labute approximate surface area is 130 Å². The average Bonchev–Trinajstić information content (AvgIpc) is 2.96. The van der Waals surface area contributed by atoms with Gasteiger partial charge in [0.15, 0.2) is 0 Å². The highest BCUT2D eigenvalue weighted by molar-refractivity contribution is 6.27. The lowest BCUT2D eigenvalue weighted by Gasteiger charge is -2.22. The molecule has 2 heterocycles. The van der Waals surface area contributed by atoms with Crippen molar-refractivity contribution in [1.82, 2.24) is 15.2 Å². The largest absolute Gasteiger partial charge is 0.473 e. The standard InChI is InChI=1S/C13H21N3.C2H2O4/c1-2-16-8-4-6-13(16)11-15-10-12-5-3-7-14-9-12;3-1(4)2(5)6/h3,5,7,9,13,15H,2,4,6,8,10-11H2,1H3;(H,3,4)(H,5,6). The maximum Gasteiger partial charge on any atom is 0.414 e. The van der Waals surface area contributed by atoms with Crippen molar-refractivity contribution in [2.45, 2.75) is 32.4 Å². The van der Waals surface area contributed by atoms with E-state index in [9.17, 15) is 0 Å². The van der Waals surface area contributed by atoms with Crippen LogP contribution >= 0.6 is 0 Å². The van der Waals surface area contributed by atoms with Gasteiger partial charge in [0.05, 0.1) is 0 Å². The third-order valence-electron chi connectivity index (χ3n) is 3.52. The smallest absolute Gasteiger partial charge is 0.414 e. The summed E-state index contributed by atoms with van der Waals surface area (Å²) in [6, 6.07) is 4.85. The van der Waals surface area contributed by atoms with Gasteiger partial charge in [-0.15, -0.1) is 0 Å². The molecule has 1 aliphatic heterocycles. The Bertz CT molecular complexity index is 455. The first-order valence-corrected chi connectivity index (χ1v) is 7.34. The number of carbonyl (C=O) groups is 2. The number of hydrogen-bond acceptors (Lipinski definition) is 5. The number of aliphatic carboxylic acids is 2. The van der Waals surface area contributed by atoms with E-state index < -0.39 is 11.9 Å². The monoisotopic (exact) mass is 309 g/mol. The van der Waals surface area contributed by atoms with Gasteiger partial charge in [-0.2, -0.15) is 0 Å². The van der Waals surface area contributed by atoms with Gasteiger partial charge in [-0.25, -0.2) is 9.59 Å². The summed E-state index contributed by atoms with van der Waals surface area (Å²) in [6.45, 7) is 6.74. The van der Waals surface area contributed by atoms with Crippen molar-refractivity contribution in [3.05, 3.63) is 30.1 Å². The van der Waals surface area contributed by atoms with Crippen molar-refractivity contribution in [1.29, 1.82) is 0 Å². The zero-order chi connectivity index (χ0) is 16.4. The van der Waals surface area contributed by atoms with Gasteiger partial charge in [0.2, 0.25) is 0 Å². The Morgan fingerprint density at radius 1 is 1.41 bits per heavy atom. The van der Waals surface area contributed by atoms with Gasteiger partial charge in [-0.1, -0.05) is 13.0 Å². The van der Waals surface area contributed by atoms with Crippen molar-refractivity contribution in [3.8, 4) is 0 Å². The van der Waals surface area contributed by atoms with Crippen LogP contribution in [0.2, 0.25) is 0 Å². The molecule has 1 saturated heterocycles. The number of nitrogens with one attached hydrogen (secondary N) is 1. The molecule has 3 N–H and O–H groups in total. The molecule has 1 unspecified atom stereocenters. The fourth-order valence-electron chi connectivity index (χ4n) is 2.43. The number of carboxylic acids is 2. The second-order valence-electron chi connectivity index (χ2n) is 5.03. The summed E-state index contributed by atoms with van der Waals surface area (Å²) in [4.78, 5) is 24.9. The Morgan fingerprint density at radius 3 is 2.68 bits per heavy atom. The fourth-order valence-corrected chi connectivity index (χ4v) is 2.43. The summed E-state index contributed by atoms with van der Waals surface area (Å²) in [7, 11) is 0. The molecule has 0 bridgehead atoms. The SMILES string of the molecule is CCN1CCCC1CNCc1cccnc1.O=C(O)C(=O)O. The summed E-state index contributed by atoms with van der Waals surface area (Å²) >= 11 is 0. The van der Waals surface area contributed by atoms with E-state index in [-0.39, 0.29) is 0 Å². The second kappa shape index (κ2) is 9.86. The molecule has 0 aliphatic carbocycles. The van der Waals surface area contributed by atoms with E-state index in [0.717, 1.165) is 19.1 Å². The molecule has 122 valence electrons. The third kappa shape index (κ3) is 6.64. The van der Waals surface area contributed by atoms with Crippen LogP contribution in [0, 0.1) is 0 Å². The van der Waals surface area contributed by atoms with E-state index in [4.69, 9.17) is 19.8 Å². The second-order valence-corrected chi connectivity index (χ2v) is 5.03. The minimum absolute atomic E-state index is 0.738. The number of nitrogens with zero attached hydrogens (tertiary/aromatic N) is 2. The normalized spacial score (nSPS) is 17.6. The van der Waals surface area contributed by atoms with E-state index in [0.29, 0.717) is 0 Å². The van der Waals surface area contributed by atoms with Crippen molar-refractivity contribution in [2.75, 3.05) is 19.6 Å². The van der Waals surface area contributed by atoms with Gasteiger partial charge in [0.25, 0.3) is 0 Å². The predicted octanol–water partition coefficient (Wildman–Crippen LogP) is 0.811. The highest BCUT2D eigenvalue weighted by atomic mass is 16.4. The van der Waals surface area contributed by atoms with E-state index in [1.165, 1.54) is 31.5 Å². The van der Waals surface area contributed by atoms with Gasteiger partial charge >= 0.3 is 11.9 Å². The zero-order valence-electron chi connectivity index (χ0n) is 12.7. The minimum atomic E-state index is -1.82. The van der Waals surface area contributed by atoms with Crippen LogP contribution in [0.5, 0.6) is 0 Å². The van der Waals surface area contributed by atoms with Gasteiger partial charge in [0, 0.05) is 31.5 Å². The summed E-state index contributed by atoms with van der Waals surface area (Å²) in [5.41, 5.74) is 1.27. The zero-order valence-corrected chi connectivity index (χ0v) is 12.7. The molecule has 1 aromatic rings. The van der Waals surface area contributed by atoms with Crippen molar-refractivity contribution in [2.24, 2.45) is 0 Å². The molecule has 1 atom stereocenters. The van der Waals surface area contributed by atoms with Crippen LogP contribution in [-0.4, -0.2) is 57.7 Å². The summed E-state index contributed by atoms with van der Waals surface area (Å²) in [5, 5.41) is 18.3. The lowest BCUT2D eigenvalue weighted by atomic mass is 10.2. The molecule has 0 saturated carbocycles. The third-order valence-corrected chi connectivity index (χ3v) is 3.52. The molecule has 7 heteroatoms. The van der Waals surface area contributed by atoms with Crippen LogP contribution < -0.4 is 5.32 Å². The summed E-state index contributed by atoms with van der Waals surface area (Å²) < 4.78 is 0. The van der Waals surface area contributed by atoms with Gasteiger partial charge < -0.3 is 15.5 Å². The molecule has 1 fully saturated rings. The molecule has 2 rings (SSSR count). The maximum absolute atomic E-state index is 9.10. The number of hydrogen-bond donors (Lipinski definition) is 3. The van der Waals surface area contributed by atoms with Crippen LogP contribution in [0.4, 0.5) is 0 Å². The maximum atomic E-state index is 9.10. The van der Waals surface area contributed by atoms with Crippen LogP contribution in [0.1, 0.15) is 25.3 Å². The van der Waals surface area contributed by atoms with E-state index in [2.05, 4.69) is 28.2 Å². The number of likely N-dealkylation sites (tertiary alicyclic amines) is 1. The van der Waals surface area contributed by atoms with E-state index >= 15 is 0 Å². The van der Waals surface area contributed by atoms with Crippen LogP contribution in [0.3, 0.4) is 0 Å². The Morgan fingerprint density at radius 2 is 2.14 bits per heavy atom. The molecular formula is C15H23N3O4. The van der Waals surface area contributed by atoms with Gasteiger partial charge in [-0.3, -0.25) is 9.88 Å².